The van der Waals surface area contributed by atoms with Gasteiger partial charge in [-0.3, -0.25) is 14.2 Å². The van der Waals surface area contributed by atoms with Crippen molar-refractivity contribution in [1.29, 1.82) is 0 Å². The molecule has 2 aromatic heterocycles. The smallest absolute Gasteiger partial charge is 0.271 e. The van der Waals surface area contributed by atoms with Crippen LogP contribution in [-0.2, 0) is 11.3 Å². The summed E-state index contributed by atoms with van der Waals surface area (Å²) < 4.78 is 15.8. The normalized spacial score (nSPS) is 23.2. The van der Waals surface area contributed by atoms with Crippen LogP contribution in [0.2, 0.25) is 0 Å². The zero-order valence-electron chi connectivity index (χ0n) is 15.5. The Balaban J connectivity index is 0.00000205. The van der Waals surface area contributed by atoms with Gasteiger partial charge >= 0.3 is 0 Å². The number of carbonyl (C=O) groups excluding carboxylic acids is 1. The molecule has 0 bridgehead atoms. The van der Waals surface area contributed by atoms with Crippen LogP contribution in [0.5, 0.6) is 0 Å². The number of fused-ring (bicyclic) bond motifs is 2. The van der Waals surface area contributed by atoms with E-state index in [0.29, 0.717) is 22.7 Å². The van der Waals surface area contributed by atoms with E-state index in [0.717, 1.165) is 18.7 Å². The maximum atomic E-state index is 13.8. The number of benzene rings is 1. The molecule has 6 nitrogen and oxygen atoms in total. The number of aromatic nitrogens is 2. The zero-order chi connectivity index (χ0) is 19.3. The standard InChI is InChI=1S/C20H19FN4O2S.ClH/c21-14-3-1-2-12(6-14)18-15-8-22-7-13(15)9-25(18)17(26)10-24-11-23-16-4-5-28-19(16)20(24)27;/h1-6,11,13,15,18,22H,7-10H2;1H/t13-,15-,18-;/m0./s1. The van der Waals surface area contributed by atoms with Gasteiger partial charge in [-0.05, 0) is 35.1 Å². The van der Waals surface area contributed by atoms with E-state index in [9.17, 15) is 14.0 Å². The second-order valence-electron chi connectivity index (χ2n) is 7.44. The highest BCUT2D eigenvalue weighted by atomic mass is 35.5. The average Bonchev–Trinajstić information content (AvgIpc) is 3.38. The average molecular weight is 435 g/mol. The Morgan fingerprint density at radius 3 is 3.00 bits per heavy atom. The number of nitrogens with one attached hydrogen (secondary N) is 1. The van der Waals surface area contributed by atoms with Crippen molar-refractivity contribution in [3.05, 3.63) is 63.8 Å². The fourth-order valence-corrected chi connectivity index (χ4v) is 5.32. The maximum Gasteiger partial charge on any atom is 0.271 e. The Bertz CT molecular complexity index is 1120. The van der Waals surface area contributed by atoms with Crippen LogP contribution in [0.3, 0.4) is 0 Å². The van der Waals surface area contributed by atoms with Gasteiger partial charge in [0.25, 0.3) is 5.56 Å². The van der Waals surface area contributed by atoms with Crippen molar-refractivity contribution in [2.45, 2.75) is 12.6 Å². The van der Waals surface area contributed by atoms with Gasteiger partial charge in [0.1, 0.15) is 17.1 Å². The van der Waals surface area contributed by atoms with Crippen LogP contribution in [0.15, 0.2) is 46.8 Å². The number of halogens is 2. The van der Waals surface area contributed by atoms with E-state index in [1.54, 1.807) is 12.1 Å². The molecule has 3 atom stereocenters. The zero-order valence-corrected chi connectivity index (χ0v) is 17.1. The van der Waals surface area contributed by atoms with Crippen molar-refractivity contribution in [3.63, 3.8) is 0 Å². The fraction of sp³-hybridized carbons (Fsp3) is 0.350. The van der Waals surface area contributed by atoms with E-state index < -0.39 is 0 Å². The first-order chi connectivity index (χ1) is 13.6. The topological polar surface area (TPSA) is 67.2 Å². The molecule has 1 aromatic carbocycles. The Labute approximate surface area is 176 Å². The quantitative estimate of drug-likeness (QED) is 0.687. The van der Waals surface area contributed by atoms with Crippen LogP contribution >= 0.6 is 23.7 Å². The maximum absolute atomic E-state index is 13.8. The van der Waals surface area contributed by atoms with Gasteiger partial charge in [0.2, 0.25) is 5.91 Å². The second-order valence-corrected chi connectivity index (χ2v) is 8.36. The lowest BCUT2D eigenvalue weighted by Crippen LogP contribution is -2.38. The van der Waals surface area contributed by atoms with E-state index in [2.05, 4.69) is 10.3 Å². The van der Waals surface area contributed by atoms with E-state index in [1.165, 1.54) is 34.4 Å². The van der Waals surface area contributed by atoms with Crippen molar-refractivity contribution < 1.29 is 9.18 Å². The summed E-state index contributed by atoms with van der Waals surface area (Å²) in [5.41, 5.74) is 1.26. The molecule has 2 saturated heterocycles. The molecular weight excluding hydrogens is 415 g/mol. The third-order valence-electron chi connectivity index (χ3n) is 5.82. The molecule has 9 heteroatoms. The third-order valence-corrected chi connectivity index (χ3v) is 6.71. The van der Waals surface area contributed by atoms with Crippen LogP contribution < -0.4 is 10.9 Å². The van der Waals surface area contributed by atoms with Crippen LogP contribution in [0.1, 0.15) is 11.6 Å². The minimum Gasteiger partial charge on any atom is -0.333 e. The van der Waals surface area contributed by atoms with E-state index in [4.69, 9.17) is 0 Å². The van der Waals surface area contributed by atoms with E-state index >= 15 is 0 Å². The van der Waals surface area contributed by atoms with E-state index in [-0.39, 0.29) is 48.2 Å². The van der Waals surface area contributed by atoms with Crippen molar-refractivity contribution >= 4 is 39.9 Å². The minimum absolute atomic E-state index is 0. The lowest BCUT2D eigenvalue weighted by Gasteiger charge is -2.28. The van der Waals surface area contributed by atoms with Gasteiger partial charge in [0, 0.05) is 25.6 Å². The predicted molar refractivity (Wildman–Crippen MR) is 112 cm³/mol. The Kier molecular flexibility index (Phi) is 5.42. The van der Waals surface area contributed by atoms with Gasteiger partial charge in [-0.2, -0.15) is 0 Å². The van der Waals surface area contributed by atoms with Crippen molar-refractivity contribution in [2.24, 2.45) is 11.8 Å². The van der Waals surface area contributed by atoms with Gasteiger partial charge in [0.15, 0.2) is 0 Å². The minimum atomic E-state index is -0.303. The van der Waals surface area contributed by atoms with Crippen molar-refractivity contribution in [1.82, 2.24) is 19.8 Å². The summed E-state index contributed by atoms with van der Waals surface area (Å²) in [6.45, 7) is 2.21. The molecule has 152 valence electrons. The molecule has 0 radical (unpaired) electrons. The number of hydrogen-bond donors (Lipinski definition) is 1. The highest BCUT2D eigenvalue weighted by Crippen LogP contribution is 2.42. The summed E-state index contributed by atoms with van der Waals surface area (Å²) in [6, 6.07) is 8.09. The molecule has 0 unspecified atom stereocenters. The first kappa shape index (κ1) is 20.0. The molecule has 29 heavy (non-hydrogen) atoms. The second kappa shape index (κ2) is 7.85. The SMILES string of the molecule is Cl.O=C(Cn1cnc2ccsc2c1=O)N1C[C@@H]2CNC[C@@H]2[C@@H]1c1cccc(F)c1. The lowest BCUT2D eigenvalue weighted by molar-refractivity contribution is -0.133. The number of likely N-dealkylation sites (tertiary alicyclic amines) is 1. The summed E-state index contributed by atoms with van der Waals surface area (Å²) >= 11 is 1.33. The molecule has 1 N–H and O–H groups in total. The number of hydrogen-bond acceptors (Lipinski definition) is 5. The monoisotopic (exact) mass is 434 g/mol. The van der Waals surface area contributed by atoms with Gasteiger partial charge in [-0.15, -0.1) is 23.7 Å². The number of nitrogens with zero attached hydrogens (tertiary/aromatic N) is 3. The molecule has 2 aliphatic rings. The molecule has 5 rings (SSSR count). The van der Waals surface area contributed by atoms with Crippen molar-refractivity contribution in [2.75, 3.05) is 19.6 Å². The number of carbonyl (C=O) groups is 1. The summed E-state index contributed by atoms with van der Waals surface area (Å²) in [5.74, 6) is 0.151. The molecule has 0 aliphatic carbocycles. The van der Waals surface area contributed by atoms with E-state index in [1.807, 2.05) is 16.3 Å². The molecule has 0 saturated carbocycles. The van der Waals surface area contributed by atoms with Crippen molar-refractivity contribution in [3.8, 4) is 0 Å². The molecule has 4 heterocycles. The van der Waals surface area contributed by atoms with Gasteiger partial charge in [-0.25, -0.2) is 9.37 Å². The molecular formula is C20H20ClFN4O2S. The predicted octanol–water partition coefficient (Wildman–Crippen LogP) is 2.44. The van der Waals surface area contributed by atoms with Crippen LogP contribution in [0, 0.1) is 17.7 Å². The fourth-order valence-electron chi connectivity index (χ4n) is 4.52. The number of amides is 1. The van der Waals surface area contributed by atoms with Crippen LogP contribution in [0.25, 0.3) is 10.2 Å². The lowest BCUT2D eigenvalue weighted by atomic mass is 9.89. The Morgan fingerprint density at radius 2 is 2.17 bits per heavy atom. The van der Waals surface area contributed by atoms with Crippen LogP contribution in [-0.4, -0.2) is 40.0 Å². The third kappa shape index (κ3) is 3.45. The number of thiophene rings is 1. The van der Waals surface area contributed by atoms with Gasteiger partial charge in [0.05, 0.1) is 17.9 Å². The highest BCUT2D eigenvalue weighted by Gasteiger charge is 2.46. The first-order valence-electron chi connectivity index (χ1n) is 9.30. The Morgan fingerprint density at radius 1 is 1.31 bits per heavy atom. The molecule has 3 aromatic rings. The highest BCUT2D eigenvalue weighted by molar-refractivity contribution is 7.17. The Hall–Kier alpha value is -2.29. The van der Waals surface area contributed by atoms with Crippen LogP contribution in [0.4, 0.5) is 4.39 Å². The number of rotatable bonds is 3. The summed E-state index contributed by atoms with van der Waals surface area (Å²) in [4.78, 5) is 31.9. The summed E-state index contributed by atoms with van der Waals surface area (Å²) in [5, 5.41) is 5.20. The summed E-state index contributed by atoms with van der Waals surface area (Å²) in [6.07, 6.45) is 1.44. The summed E-state index contributed by atoms with van der Waals surface area (Å²) in [7, 11) is 0. The molecule has 2 aliphatic heterocycles. The largest absolute Gasteiger partial charge is 0.333 e. The van der Waals surface area contributed by atoms with Gasteiger partial charge < -0.3 is 10.2 Å². The molecule has 2 fully saturated rings. The first-order valence-corrected chi connectivity index (χ1v) is 10.2. The molecule has 0 spiro atoms. The van der Waals surface area contributed by atoms with Gasteiger partial charge in [-0.1, -0.05) is 12.1 Å². The molecule has 1 amide bonds.